The van der Waals surface area contributed by atoms with Crippen LogP contribution in [0.25, 0.3) is 0 Å². The van der Waals surface area contributed by atoms with Gasteiger partial charge in [-0.25, -0.2) is 0 Å². The van der Waals surface area contributed by atoms with Gasteiger partial charge in [0.1, 0.15) is 5.75 Å². The van der Waals surface area contributed by atoms with E-state index in [2.05, 4.69) is 51.2 Å². The Morgan fingerprint density at radius 1 is 1.29 bits per heavy atom. The molecule has 0 bridgehead atoms. The topological polar surface area (TPSA) is 30.5 Å². The molecular weight excluding hydrogens is 262 g/mol. The Kier molecular flexibility index (Phi) is 6.07. The molecular formula is C18H29NO2. The summed E-state index contributed by atoms with van der Waals surface area (Å²) in [7, 11) is 0. The normalized spacial score (nSPS) is 16.6. The lowest BCUT2D eigenvalue weighted by molar-refractivity contribution is 0.00282. The van der Waals surface area contributed by atoms with E-state index in [9.17, 15) is 0 Å². The van der Waals surface area contributed by atoms with Crippen molar-refractivity contribution < 1.29 is 9.47 Å². The van der Waals surface area contributed by atoms with Crippen LogP contribution in [0, 0.1) is 5.92 Å². The summed E-state index contributed by atoms with van der Waals surface area (Å²) in [6, 6.07) is 6.84. The van der Waals surface area contributed by atoms with E-state index in [1.807, 2.05) is 0 Å². The number of hydrogen-bond acceptors (Lipinski definition) is 3. The summed E-state index contributed by atoms with van der Waals surface area (Å²) in [5.74, 6) is 1.52. The quantitative estimate of drug-likeness (QED) is 0.792. The second kappa shape index (κ2) is 7.81. The van der Waals surface area contributed by atoms with E-state index in [1.54, 1.807) is 0 Å². The van der Waals surface area contributed by atoms with Gasteiger partial charge in [0.15, 0.2) is 0 Å². The molecule has 21 heavy (non-hydrogen) atoms. The average Bonchev–Trinajstić information content (AvgIpc) is 2.93. The Morgan fingerprint density at radius 3 is 2.76 bits per heavy atom. The first-order valence-electron chi connectivity index (χ1n) is 8.28. The molecule has 0 amide bonds. The summed E-state index contributed by atoms with van der Waals surface area (Å²) >= 11 is 0. The molecule has 0 fully saturated rings. The van der Waals surface area contributed by atoms with Crippen LogP contribution < -0.4 is 10.1 Å². The maximum atomic E-state index is 6.04. The molecule has 2 unspecified atom stereocenters. The first-order chi connectivity index (χ1) is 10.2. The van der Waals surface area contributed by atoms with Gasteiger partial charge in [-0.3, -0.25) is 0 Å². The summed E-state index contributed by atoms with van der Waals surface area (Å²) in [6.45, 7) is 11.3. The highest BCUT2D eigenvalue weighted by Gasteiger charge is 2.27. The van der Waals surface area contributed by atoms with Crippen LogP contribution in [0.5, 0.6) is 5.75 Å². The van der Waals surface area contributed by atoms with E-state index >= 15 is 0 Å². The fourth-order valence-corrected chi connectivity index (χ4v) is 2.99. The molecule has 1 aliphatic heterocycles. The molecule has 0 aromatic heterocycles. The van der Waals surface area contributed by atoms with Crippen LogP contribution in [0.1, 0.15) is 51.3 Å². The highest BCUT2D eigenvalue weighted by Crippen LogP contribution is 2.31. The molecule has 118 valence electrons. The zero-order chi connectivity index (χ0) is 15.2. The van der Waals surface area contributed by atoms with Gasteiger partial charge in [0.05, 0.1) is 18.8 Å². The molecule has 3 heteroatoms. The summed E-state index contributed by atoms with van der Waals surface area (Å²) in [6.07, 6.45) is 2.34. The lowest BCUT2D eigenvalue weighted by atomic mass is 9.92. The fraction of sp³-hybridized carbons (Fsp3) is 0.667. The molecule has 1 aromatic carbocycles. The van der Waals surface area contributed by atoms with Gasteiger partial charge in [-0.15, -0.1) is 0 Å². The van der Waals surface area contributed by atoms with Crippen LogP contribution in [-0.2, 0) is 11.2 Å². The zero-order valence-electron chi connectivity index (χ0n) is 13.8. The second-order valence-corrected chi connectivity index (χ2v) is 6.06. The van der Waals surface area contributed by atoms with Crippen molar-refractivity contribution in [3.8, 4) is 5.75 Å². The van der Waals surface area contributed by atoms with E-state index in [4.69, 9.17) is 9.47 Å². The third-order valence-corrected chi connectivity index (χ3v) is 4.03. The van der Waals surface area contributed by atoms with Crippen molar-refractivity contribution >= 4 is 0 Å². The van der Waals surface area contributed by atoms with Crippen molar-refractivity contribution in [2.24, 2.45) is 5.92 Å². The third kappa shape index (κ3) is 3.98. The monoisotopic (exact) mass is 291 g/mol. The lowest BCUT2D eigenvalue weighted by Crippen LogP contribution is -2.37. The lowest BCUT2D eigenvalue weighted by Gasteiger charge is -2.31. The minimum absolute atomic E-state index is 0.196. The molecule has 0 saturated carbocycles. The molecule has 0 radical (unpaired) electrons. The Labute approximate surface area is 129 Å². The number of nitrogens with one attached hydrogen (secondary N) is 1. The Hall–Kier alpha value is -1.06. The number of ether oxygens (including phenoxy) is 2. The SMILES string of the molecule is CCCNC(c1ccc2c(c1)CCO2)C(OCC)C(C)C. The Balaban J connectivity index is 2.25. The van der Waals surface area contributed by atoms with Crippen molar-refractivity contribution in [2.75, 3.05) is 19.8 Å². The van der Waals surface area contributed by atoms with Crippen LogP contribution in [-0.4, -0.2) is 25.9 Å². The first kappa shape index (κ1) is 16.3. The molecule has 2 rings (SSSR count). The summed E-state index contributed by atoms with van der Waals surface area (Å²) in [5.41, 5.74) is 2.65. The standard InChI is InChI=1S/C18H29NO2/c1-5-10-19-17(18(13(3)4)20-6-2)15-7-8-16-14(12-15)9-11-21-16/h7-8,12-13,17-19H,5-6,9-11H2,1-4H3. The van der Waals surface area contributed by atoms with Gasteiger partial charge in [0, 0.05) is 13.0 Å². The minimum atomic E-state index is 0.196. The Bertz CT molecular complexity index is 445. The van der Waals surface area contributed by atoms with Crippen LogP contribution >= 0.6 is 0 Å². The van der Waals surface area contributed by atoms with Gasteiger partial charge >= 0.3 is 0 Å². The van der Waals surface area contributed by atoms with Crippen LogP contribution in [0.2, 0.25) is 0 Å². The smallest absolute Gasteiger partial charge is 0.122 e. The fourth-order valence-electron chi connectivity index (χ4n) is 2.99. The van der Waals surface area contributed by atoms with Crippen LogP contribution in [0.3, 0.4) is 0 Å². The minimum Gasteiger partial charge on any atom is -0.493 e. The number of rotatable bonds is 8. The molecule has 0 saturated heterocycles. The average molecular weight is 291 g/mol. The molecule has 1 heterocycles. The van der Waals surface area contributed by atoms with Gasteiger partial charge in [0.25, 0.3) is 0 Å². The molecule has 0 aliphatic carbocycles. The third-order valence-electron chi connectivity index (χ3n) is 4.03. The highest BCUT2D eigenvalue weighted by molar-refractivity contribution is 5.41. The van der Waals surface area contributed by atoms with Gasteiger partial charge in [-0.2, -0.15) is 0 Å². The maximum absolute atomic E-state index is 6.04. The van der Waals surface area contributed by atoms with Crippen molar-refractivity contribution in [3.05, 3.63) is 29.3 Å². The van der Waals surface area contributed by atoms with Crippen molar-refractivity contribution in [2.45, 2.75) is 52.7 Å². The van der Waals surface area contributed by atoms with Crippen molar-refractivity contribution in [3.63, 3.8) is 0 Å². The second-order valence-electron chi connectivity index (χ2n) is 6.06. The van der Waals surface area contributed by atoms with Gasteiger partial charge in [0.2, 0.25) is 0 Å². The van der Waals surface area contributed by atoms with E-state index < -0.39 is 0 Å². The predicted molar refractivity (Wildman–Crippen MR) is 86.9 cm³/mol. The largest absolute Gasteiger partial charge is 0.493 e. The molecule has 1 aromatic rings. The van der Waals surface area contributed by atoms with E-state index in [0.29, 0.717) is 5.92 Å². The van der Waals surface area contributed by atoms with Gasteiger partial charge < -0.3 is 14.8 Å². The van der Waals surface area contributed by atoms with Crippen LogP contribution in [0.15, 0.2) is 18.2 Å². The van der Waals surface area contributed by atoms with Crippen molar-refractivity contribution in [1.82, 2.24) is 5.32 Å². The number of hydrogen-bond donors (Lipinski definition) is 1. The summed E-state index contributed by atoms with van der Waals surface area (Å²) in [5, 5.41) is 3.68. The Morgan fingerprint density at radius 2 is 2.10 bits per heavy atom. The number of benzene rings is 1. The highest BCUT2D eigenvalue weighted by atomic mass is 16.5. The summed E-state index contributed by atoms with van der Waals surface area (Å²) in [4.78, 5) is 0. The molecule has 3 nitrogen and oxygen atoms in total. The molecule has 2 atom stereocenters. The predicted octanol–water partition coefficient (Wildman–Crippen LogP) is 3.72. The first-order valence-corrected chi connectivity index (χ1v) is 8.28. The summed E-state index contributed by atoms with van der Waals surface area (Å²) < 4.78 is 11.7. The van der Waals surface area contributed by atoms with E-state index in [0.717, 1.165) is 38.3 Å². The molecule has 0 spiro atoms. The maximum Gasteiger partial charge on any atom is 0.122 e. The van der Waals surface area contributed by atoms with E-state index in [1.165, 1.54) is 11.1 Å². The number of fused-ring (bicyclic) bond motifs is 1. The van der Waals surface area contributed by atoms with Crippen molar-refractivity contribution in [1.29, 1.82) is 0 Å². The van der Waals surface area contributed by atoms with Gasteiger partial charge in [-0.05, 0) is 43.0 Å². The van der Waals surface area contributed by atoms with Crippen LogP contribution in [0.4, 0.5) is 0 Å². The zero-order valence-corrected chi connectivity index (χ0v) is 13.8. The molecule has 1 N–H and O–H groups in total. The van der Waals surface area contributed by atoms with Gasteiger partial charge in [-0.1, -0.05) is 32.9 Å². The molecule has 1 aliphatic rings. The van der Waals surface area contributed by atoms with E-state index in [-0.39, 0.29) is 12.1 Å².